The molecule has 4 rings (SSSR count). The van der Waals surface area contributed by atoms with Gasteiger partial charge in [-0.1, -0.05) is 22.9 Å². The lowest BCUT2D eigenvalue weighted by molar-refractivity contribution is -0.117. The van der Waals surface area contributed by atoms with E-state index < -0.39 is 0 Å². The smallest absolute Gasteiger partial charge is 0.264 e. The van der Waals surface area contributed by atoms with Gasteiger partial charge in [-0.05, 0) is 25.0 Å². The van der Waals surface area contributed by atoms with Crippen molar-refractivity contribution in [1.82, 2.24) is 9.88 Å². The lowest BCUT2D eigenvalue weighted by Crippen LogP contribution is -2.35. The van der Waals surface area contributed by atoms with Crippen LogP contribution < -0.4 is 5.32 Å². The van der Waals surface area contributed by atoms with Crippen molar-refractivity contribution in [3.8, 4) is 0 Å². The van der Waals surface area contributed by atoms with E-state index in [-0.39, 0.29) is 17.7 Å². The largest absolute Gasteiger partial charge is 0.332 e. The van der Waals surface area contributed by atoms with Crippen molar-refractivity contribution in [3.05, 3.63) is 31.9 Å². The summed E-state index contributed by atoms with van der Waals surface area (Å²) in [5, 5.41) is 3.54. The minimum absolute atomic E-state index is 0.00418. The maximum Gasteiger partial charge on any atom is 0.264 e. The van der Waals surface area contributed by atoms with Gasteiger partial charge < -0.3 is 10.2 Å². The molecule has 3 heterocycles. The molecular weight excluding hydrogens is 354 g/mol. The van der Waals surface area contributed by atoms with Gasteiger partial charge in [0.05, 0.1) is 21.5 Å². The molecule has 0 saturated heterocycles. The fourth-order valence-corrected chi connectivity index (χ4v) is 4.60. The van der Waals surface area contributed by atoms with Crippen molar-refractivity contribution in [1.29, 1.82) is 0 Å². The predicted octanol–water partition coefficient (Wildman–Crippen LogP) is 3.41. The van der Waals surface area contributed by atoms with Crippen LogP contribution in [0.15, 0.2) is 12.1 Å². The van der Waals surface area contributed by atoms with E-state index in [1.54, 1.807) is 12.1 Å². The van der Waals surface area contributed by atoms with Gasteiger partial charge in [-0.2, -0.15) is 0 Å². The first-order valence-electron chi connectivity index (χ1n) is 7.44. The highest BCUT2D eigenvalue weighted by atomic mass is 35.5. The third-order valence-corrected chi connectivity index (χ3v) is 6.20. The molecule has 1 saturated carbocycles. The van der Waals surface area contributed by atoms with Gasteiger partial charge in [0.2, 0.25) is 5.91 Å². The molecule has 0 bridgehead atoms. The average molecular weight is 368 g/mol. The molecule has 2 aromatic rings. The molecule has 0 aromatic carbocycles. The quantitative estimate of drug-likeness (QED) is 0.904. The monoisotopic (exact) mass is 367 g/mol. The number of amides is 2. The van der Waals surface area contributed by atoms with E-state index in [1.807, 2.05) is 4.90 Å². The topological polar surface area (TPSA) is 62.3 Å². The number of nitrogens with zero attached hydrogens (tertiary/aromatic N) is 2. The molecule has 1 N–H and O–H groups in total. The third kappa shape index (κ3) is 3.13. The molecule has 0 spiro atoms. The number of fused-ring (bicyclic) bond motifs is 1. The zero-order valence-corrected chi connectivity index (χ0v) is 14.6. The van der Waals surface area contributed by atoms with Crippen LogP contribution >= 0.6 is 34.3 Å². The highest BCUT2D eigenvalue weighted by Gasteiger charge is 2.31. The van der Waals surface area contributed by atoms with Crippen LogP contribution in [0.2, 0.25) is 4.34 Å². The Labute approximate surface area is 146 Å². The highest BCUT2D eigenvalue weighted by molar-refractivity contribution is 7.18. The first-order chi connectivity index (χ1) is 11.1. The average Bonchev–Trinajstić information content (AvgIpc) is 3.18. The number of anilines is 1. The van der Waals surface area contributed by atoms with Gasteiger partial charge in [0, 0.05) is 23.8 Å². The molecule has 23 heavy (non-hydrogen) atoms. The van der Waals surface area contributed by atoms with Crippen LogP contribution in [0.1, 0.15) is 33.1 Å². The summed E-state index contributed by atoms with van der Waals surface area (Å²) in [7, 11) is 0. The Hall–Kier alpha value is -1.44. The number of halogens is 1. The summed E-state index contributed by atoms with van der Waals surface area (Å²) in [4.78, 5) is 32.4. The Morgan fingerprint density at radius 1 is 1.30 bits per heavy atom. The number of thiophene rings is 1. The van der Waals surface area contributed by atoms with Crippen molar-refractivity contribution in [3.63, 3.8) is 0 Å². The number of thiazole rings is 1. The van der Waals surface area contributed by atoms with Gasteiger partial charge in [-0.15, -0.1) is 11.3 Å². The molecule has 5 nitrogen and oxygen atoms in total. The van der Waals surface area contributed by atoms with Crippen LogP contribution in [0.4, 0.5) is 5.13 Å². The van der Waals surface area contributed by atoms with Crippen molar-refractivity contribution < 1.29 is 9.59 Å². The van der Waals surface area contributed by atoms with Crippen LogP contribution in [0.5, 0.6) is 0 Å². The first kappa shape index (κ1) is 15.1. The van der Waals surface area contributed by atoms with Gasteiger partial charge in [0.25, 0.3) is 5.91 Å². The normalized spacial score (nSPS) is 17.0. The van der Waals surface area contributed by atoms with Gasteiger partial charge in [0.1, 0.15) is 0 Å². The van der Waals surface area contributed by atoms with Crippen LogP contribution in [-0.4, -0.2) is 28.2 Å². The predicted molar refractivity (Wildman–Crippen MR) is 91.2 cm³/mol. The van der Waals surface area contributed by atoms with Gasteiger partial charge in [0.15, 0.2) is 5.13 Å². The molecule has 2 aromatic heterocycles. The third-order valence-electron chi connectivity index (χ3n) is 3.98. The fourth-order valence-electron chi connectivity index (χ4n) is 2.56. The Kier molecular flexibility index (Phi) is 3.87. The van der Waals surface area contributed by atoms with E-state index in [0.29, 0.717) is 27.4 Å². The summed E-state index contributed by atoms with van der Waals surface area (Å²) in [5.74, 6) is 0.236. The van der Waals surface area contributed by atoms with Crippen LogP contribution in [-0.2, 0) is 17.8 Å². The summed E-state index contributed by atoms with van der Waals surface area (Å²) in [6.07, 6.45) is 2.67. The van der Waals surface area contributed by atoms with Crippen molar-refractivity contribution in [2.24, 2.45) is 5.92 Å². The summed E-state index contributed by atoms with van der Waals surface area (Å²) in [6.45, 7) is 1.18. The second-order valence-electron chi connectivity index (χ2n) is 5.73. The summed E-state index contributed by atoms with van der Waals surface area (Å²) in [5.41, 5.74) is 0.995. The molecular formula is C15H14ClN3O2S2. The molecule has 8 heteroatoms. The lowest BCUT2D eigenvalue weighted by Gasteiger charge is -2.25. The molecule has 120 valence electrons. The molecule has 1 aliphatic heterocycles. The van der Waals surface area contributed by atoms with Gasteiger partial charge in [-0.3, -0.25) is 9.59 Å². The van der Waals surface area contributed by atoms with Crippen LogP contribution in [0.25, 0.3) is 0 Å². The Morgan fingerprint density at radius 3 is 2.83 bits per heavy atom. The standard InChI is InChI=1S/C15H14ClN3O2S2/c16-12-4-3-10(22-12)14(21)19-6-5-9-11(7-19)23-15(17-9)18-13(20)8-1-2-8/h3-4,8H,1-2,5-7H2,(H,17,18,20). The molecule has 0 unspecified atom stereocenters. The zero-order chi connectivity index (χ0) is 16.0. The SMILES string of the molecule is O=C(Nc1nc2c(s1)CN(C(=O)c1ccc(Cl)s1)CC2)C1CC1. The maximum absolute atomic E-state index is 12.5. The lowest BCUT2D eigenvalue weighted by atomic mass is 10.2. The second-order valence-corrected chi connectivity index (χ2v) is 8.53. The van der Waals surface area contributed by atoms with Gasteiger partial charge >= 0.3 is 0 Å². The minimum Gasteiger partial charge on any atom is -0.332 e. The Morgan fingerprint density at radius 2 is 2.13 bits per heavy atom. The van der Waals surface area contributed by atoms with Crippen LogP contribution in [0.3, 0.4) is 0 Å². The summed E-state index contributed by atoms with van der Waals surface area (Å²) >= 11 is 8.68. The number of rotatable bonds is 3. The second kappa shape index (κ2) is 5.89. The molecule has 0 atom stereocenters. The minimum atomic E-state index is 0.00418. The maximum atomic E-state index is 12.5. The molecule has 1 fully saturated rings. The van der Waals surface area contributed by atoms with Crippen molar-refractivity contribution in [2.75, 3.05) is 11.9 Å². The summed E-state index contributed by atoms with van der Waals surface area (Å²) < 4.78 is 0.619. The molecule has 0 radical (unpaired) electrons. The number of nitrogens with one attached hydrogen (secondary N) is 1. The van der Waals surface area contributed by atoms with E-state index in [2.05, 4.69) is 10.3 Å². The fraction of sp³-hybridized carbons (Fsp3) is 0.400. The number of aromatic nitrogens is 1. The van der Waals surface area contributed by atoms with E-state index in [9.17, 15) is 9.59 Å². The number of hydrogen-bond acceptors (Lipinski definition) is 5. The highest BCUT2D eigenvalue weighted by Crippen LogP contribution is 2.33. The van der Waals surface area contributed by atoms with E-state index in [0.717, 1.165) is 29.8 Å². The molecule has 2 amide bonds. The van der Waals surface area contributed by atoms with Gasteiger partial charge in [-0.25, -0.2) is 4.98 Å². The van der Waals surface area contributed by atoms with Crippen molar-refractivity contribution in [2.45, 2.75) is 25.8 Å². The number of carbonyl (C=O) groups excluding carboxylic acids is 2. The summed E-state index contributed by atoms with van der Waals surface area (Å²) in [6, 6.07) is 3.51. The van der Waals surface area contributed by atoms with E-state index >= 15 is 0 Å². The zero-order valence-electron chi connectivity index (χ0n) is 12.2. The first-order valence-corrected chi connectivity index (χ1v) is 9.45. The van der Waals surface area contributed by atoms with Crippen LogP contribution in [0, 0.1) is 5.92 Å². The van der Waals surface area contributed by atoms with Crippen molar-refractivity contribution >= 4 is 51.2 Å². The Balaban J connectivity index is 1.47. The van der Waals surface area contributed by atoms with E-state index in [1.165, 1.54) is 22.7 Å². The molecule has 2 aliphatic rings. The number of carbonyl (C=O) groups is 2. The van der Waals surface area contributed by atoms with E-state index in [4.69, 9.17) is 11.6 Å². The Bertz CT molecular complexity index is 782. The molecule has 1 aliphatic carbocycles. The number of hydrogen-bond donors (Lipinski definition) is 1.